The Morgan fingerprint density at radius 1 is 0.970 bits per heavy atom. The molecular formula is C20H28F3N5O4S. The summed E-state index contributed by atoms with van der Waals surface area (Å²) >= 11 is 0. The molecule has 3 heterocycles. The van der Waals surface area contributed by atoms with Gasteiger partial charge in [0.15, 0.2) is 0 Å². The van der Waals surface area contributed by atoms with Crippen LogP contribution in [0, 0.1) is 29.1 Å². The molecule has 0 aromatic rings. The fraction of sp³-hybridized carbons (Fsp3) is 0.850. The van der Waals surface area contributed by atoms with E-state index in [2.05, 4.69) is 5.32 Å². The van der Waals surface area contributed by atoms with Gasteiger partial charge in [-0.1, -0.05) is 0 Å². The summed E-state index contributed by atoms with van der Waals surface area (Å²) in [6.45, 7) is 0.886. The monoisotopic (exact) mass is 491 g/mol. The number of nitrogens with one attached hydrogen (secondary N) is 1. The number of piperidine rings is 1. The lowest BCUT2D eigenvalue weighted by Crippen LogP contribution is -2.59. The van der Waals surface area contributed by atoms with Crippen LogP contribution >= 0.6 is 0 Å². The van der Waals surface area contributed by atoms with Crippen molar-refractivity contribution < 1.29 is 31.2 Å². The van der Waals surface area contributed by atoms with Gasteiger partial charge in [0, 0.05) is 38.8 Å². The molecule has 3 aliphatic heterocycles. The number of likely N-dealkylation sites (tertiary alicyclic amines) is 1. The van der Waals surface area contributed by atoms with Crippen LogP contribution in [0.4, 0.5) is 13.2 Å². The summed E-state index contributed by atoms with van der Waals surface area (Å²) in [4.78, 5) is 27.4. The smallest absolute Gasteiger partial charge is 0.351 e. The van der Waals surface area contributed by atoms with Crippen molar-refractivity contribution in [3.63, 3.8) is 0 Å². The van der Waals surface area contributed by atoms with Gasteiger partial charge in [0.2, 0.25) is 11.8 Å². The molecular weight excluding hydrogens is 463 g/mol. The van der Waals surface area contributed by atoms with E-state index in [1.165, 1.54) is 13.5 Å². The third-order valence-corrected chi connectivity index (χ3v) is 9.21. The van der Waals surface area contributed by atoms with Crippen LogP contribution < -0.4 is 5.32 Å². The zero-order chi connectivity index (χ0) is 24.0. The van der Waals surface area contributed by atoms with Gasteiger partial charge in [-0.3, -0.25) is 9.59 Å². The summed E-state index contributed by atoms with van der Waals surface area (Å²) in [5.74, 6) is -3.37. The highest BCUT2D eigenvalue weighted by Gasteiger charge is 2.51. The zero-order valence-electron chi connectivity index (χ0n) is 18.1. The van der Waals surface area contributed by atoms with Crippen molar-refractivity contribution in [3.8, 4) is 6.07 Å². The summed E-state index contributed by atoms with van der Waals surface area (Å²) in [6, 6.07) is 0.246. The van der Waals surface area contributed by atoms with Crippen molar-refractivity contribution in [1.29, 1.82) is 5.26 Å². The molecule has 33 heavy (non-hydrogen) atoms. The number of hydrogen-bond acceptors (Lipinski definition) is 5. The SMILES string of the molecule is N#CC1CN(S(=O)(=O)N2CCC[C@H](C(=O)N3CCC[C@@H]3C(=O)N[C@@H]3CC[C@@H]3C(F)(F)F)C2)C1. The minimum Gasteiger partial charge on any atom is -0.351 e. The van der Waals surface area contributed by atoms with Gasteiger partial charge in [-0.2, -0.15) is 35.5 Å². The van der Waals surface area contributed by atoms with E-state index in [9.17, 15) is 31.2 Å². The number of rotatable bonds is 5. The van der Waals surface area contributed by atoms with Gasteiger partial charge in [-0.05, 0) is 38.5 Å². The van der Waals surface area contributed by atoms with E-state index >= 15 is 0 Å². The number of amides is 2. The number of carbonyl (C=O) groups excluding carboxylic acids is 2. The first kappa shape index (κ1) is 24.2. The van der Waals surface area contributed by atoms with Crippen LogP contribution in [-0.4, -0.2) is 84.7 Å². The molecule has 0 aromatic carbocycles. The highest BCUT2D eigenvalue weighted by Crippen LogP contribution is 2.41. The van der Waals surface area contributed by atoms with Crippen LogP contribution in [0.2, 0.25) is 0 Å². The molecule has 0 unspecified atom stereocenters. The van der Waals surface area contributed by atoms with E-state index in [0.29, 0.717) is 32.2 Å². The van der Waals surface area contributed by atoms with Gasteiger partial charge in [-0.25, -0.2) is 0 Å². The van der Waals surface area contributed by atoms with Crippen LogP contribution in [0.15, 0.2) is 0 Å². The molecule has 184 valence electrons. The van der Waals surface area contributed by atoms with Gasteiger partial charge in [0.1, 0.15) is 6.04 Å². The van der Waals surface area contributed by atoms with Crippen LogP contribution in [0.5, 0.6) is 0 Å². The third-order valence-electron chi connectivity index (χ3n) is 7.28. The van der Waals surface area contributed by atoms with Crippen molar-refractivity contribution in [2.75, 3.05) is 32.7 Å². The highest BCUT2D eigenvalue weighted by molar-refractivity contribution is 7.86. The van der Waals surface area contributed by atoms with E-state index < -0.39 is 46.2 Å². The number of hydrogen-bond donors (Lipinski definition) is 1. The Bertz CT molecular complexity index is 931. The van der Waals surface area contributed by atoms with E-state index in [4.69, 9.17) is 5.26 Å². The average molecular weight is 492 g/mol. The molecule has 3 saturated heterocycles. The predicted octanol–water partition coefficient (Wildman–Crippen LogP) is 0.847. The fourth-order valence-electron chi connectivity index (χ4n) is 5.11. The van der Waals surface area contributed by atoms with Gasteiger partial charge in [-0.15, -0.1) is 0 Å². The lowest BCUT2D eigenvalue weighted by molar-refractivity contribution is -0.203. The standard InChI is InChI=1S/C20H28F3N5O4S/c21-20(22,23)15-5-6-16(15)25-18(29)17-4-2-8-28(17)19(30)14-3-1-7-26(12-14)33(31,32)27-10-13(9-24)11-27/h13-17H,1-8,10-12H2,(H,25,29)/t14-,15-,16+,17+/m0/s1. The molecule has 4 fully saturated rings. The van der Waals surface area contributed by atoms with E-state index in [-0.39, 0.29) is 50.8 Å². The normalized spacial score (nSPS) is 32.0. The minimum absolute atomic E-state index is 0.00149. The molecule has 0 spiro atoms. The molecule has 1 N–H and O–H groups in total. The average Bonchev–Trinajstić information content (AvgIpc) is 3.18. The topological polar surface area (TPSA) is 114 Å². The molecule has 0 bridgehead atoms. The Kier molecular flexibility index (Phi) is 6.63. The second kappa shape index (κ2) is 9.03. The third kappa shape index (κ3) is 4.70. The summed E-state index contributed by atoms with van der Waals surface area (Å²) < 4.78 is 67.1. The van der Waals surface area contributed by atoms with Gasteiger partial charge in [0.25, 0.3) is 10.2 Å². The van der Waals surface area contributed by atoms with Crippen LogP contribution in [0.25, 0.3) is 0 Å². The van der Waals surface area contributed by atoms with Crippen LogP contribution in [0.3, 0.4) is 0 Å². The Balaban J connectivity index is 1.37. The second-order valence-electron chi connectivity index (χ2n) is 9.38. The molecule has 4 rings (SSSR count). The first-order valence-electron chi connectivity index (χ1n) is 11.3. The van der Waals surface area contributed by atoms with E-state index in [1.807, 2.05) is 6.07 Å². The first-order valence-corrected chi connectivity index (χ1v) is 12.7. The van der Waals surface area contributed by atoms with Gasteiger partial charge in [0.05, 0.1) is 23.8 Å². The predicted molar refractivity (Wildman–Crippen MR) is 109 cm³/mol. The molecule has 4 aliphatic rings. The van der Waals surface area contributed by atoms with Crippen molar-refractivity contribution >= 4 is 22.0 Å². The summed E-state index contributed by atoms with van der Waals surface area (Å²) in [5.41, 5.74) is 0. The number of carbonyl (C=O) groups is 2. The Labute approximate surface area is 191 Å². The quantitative estimate of drug-likeness (QED) is 0.613. The van der Waals surface area contributed by atoms with Gasteiger partial charge >= 0.3 is 6.18 Å². The number of halogens is 3. The highest BCUT2D eigenvalue weighted by atomic mass is 32.2. The minimum atomic E-state index is -4.36. The summed E-state index contributed by atoms with van der Waals surface area (Å²) in [6.07, 6.45) is -2.20. The zero-order valence-corrected chi connectivity index (χ0v) is 18.9. The molecule has 0 radical (unpaired) electrons. The Morgan fingerprint density at radius 2 is 1.67 bits per heavy atom. The molecule has 13 heteroatoms. The molecule has 1 saturated carbocycles. The molecule has 9 nitrogen and oxygen atoms in total. The van der Waals surface area contributed by atoms with Gasteiger partial charge < -0.3 is 10.2 Å². The number of alkyl halides is 3. The van der Waals surface area contributed by atoms with Crippen LogP contribution in [-0.2, 0) is 19.8 Å². The number of nitriles is 1. The van der Waals surface area contributed by atoms with E-state index in [0.717, 1.165) is 0 Å². The van der Waals surface area contributed by atoms with Crippen LogP contribution in [0.1, 0.15) is 38.5 Å². The second-order valence-corrected chi connectivity index (χ2v) is 11.3. The number of nitrogens with zero attached hydrogens (tertiary/aromatic N) is 4. The molecule has 2 amide bonds. The van der Waals surface area contributed by atoms with Crippen molar-refractivity contribution in [3.05, 3.63) is 0 Å². The van der Waals surface area contributed by atoms with Crippen molar-refractivity contribution in [2.45, 2.75) is 56.8 Å². The molecule has 0 aromatic heterocycles. The lowest BCUT2D eigenvalue weighted by Gasteiger charge is -2.41. The largest absolute Gasteiger partial charge is 0.393 e. The maximum absolute atomic E-state index is 13.2. The summed E-state index contributed by atoms with van der Waals surface area (Å²) in [7, 11) is -3.76. The molecule has 1 aliphatic carbocycles. The van der Waals surface area contributed by atoms with Crippen molar-refractivity contribution in [1.82, 2.24) is 18.8 Å². The Hall–Kier alpha value is -1.91. The molecule has 4 atom stereocenters. The van der Waals surface area contributed by atoms with Crippen molar-refractivity contribution in [2.24, 2.45) is 17.8 Å². The van der Waals surface area contributed by atoms with E-state index in [1.54, 1.807) is 0 Å². The summed E-state index contributed by atoms with van der Waals surface area (Å²) in [5, 5.41) is 11.4. The maximum Gasteiger partial charge on any atom is 0.393 e. The lowest BCUT2D eigenvalue weighted by atomic mass is 9.79. The fourth-order valence-corrected chi connectivity index (χ4v) is 6.90. The first-order chi connectivity index (χ1) is 15.5. The maximum atomic E-state index is 13.2. The Morgan fingerprint density at radius 3 is 2.27 bits per heavy atom.